The summed E-state index contributed by atoms with van der Waals surface area (Å²) < 4.78 is 2.13. The zero-order chi connectivity index (χ0) is 13.4. The van der Waals surface area contributed by atoms with Gasteiger partial charge < -0.3 is 5.73 Å². The van der Waals surface area contributed by atoms with E-state index in [-0.39, 0.29) is 0 Å². The Labute approximate surface area is 112 Å². The van der Waals surface area contributed by atoms with Crippen LogP contribution in [0.1, 0.15) is 70.7 Å². The number of hydrogen-bond donors (Lipinski definition) is 1. The van der Waals surface area contributed by atoms with Gasteiger partial charge in [-0.2, -0.15) is 5.10 Å². The van der Waals surface area contributed by atoms with Crippen molar-refractivity contribution < 1.29 is 0 Å². The molecule has 0 saturated heterocycles. The third-order valence-corrected chi connectivity index (χ3v) is 3.57. The molecule has 1 heterocycles. The van der Waals surface area contributed by atoms with Gasteiger partial charge in [0.25, 0.3) is 0 Å². The summed E-state index contributed by atoms with van der Waals surface area (Å²) in [5, 5.41) is 4.62. The van der Waals surface area contributed by atoms with Crippen molar-refractivity contribution in [1.82, 2.24) is 9.78 Å². The van der Waals surface area contributed by atoms with Gasteiger partial charge >= 0.3 is 0 Å². The minimum Gasteiger partial charge on any atom is -0.396 e. The standard InChI is InChI=1S/C15H29N3/c1-4-7-8-9-10-11-12-18-14(6-3)15(16)13(5-2)17-18/h4-12,16H2,1-3H3. The summed E-state index contributed by atoms with van der Waals surface area (Å²) in [6.07, 6.45) is 9.86. The number of nitrogens with two attached hydrogens (primary N) is 1. The fraction of sp³-hybridized carbons (Fsp3) is 0.800. The summed E-state index contributed by atoms with van der Waals surface area (Å²) in [5.41, 5.74) is 9.32. The van der Waals surface area contributed by atoms with Gasteiger partial charge in [0, 0.05) is 6.54 Å². The van der Waals surface area contributed by atoms with Gasteiger partial charge in [0.1, 0.15) is 0 Å². The first-order chi connectivity index (χ1) is 8.74. The Hall–Kier alpha value is -0.990. The van der Waals surface area contributed by atoms with Gasteiger partial charge in [0.15, 0.2) is 0 Å². The summed E-state index contributed by atoms with van der Waals surface area (Å²) in [4.78, 5) is 0. The van der Waals surface area contributed by atoms with Crippen molar-refractivity contribution >= 4 is 5.69 Å². The van der Waals surface area contributed by atoms with Crippen molar-refractivity contribution in [2.24, 2.45) is 0 Å². The largest absolute Gasteiger partial charge is 0.396 e. The van der Waals surface area contributed by atoms with Crippen molar-refractivity contribution in [2.75, 3.05) is 5.73 Å². The summed E-state index contributed by atoms with van der Waals surface area (Å²) in [6, 6.07) is 0. The quantitative estimate of drug-likeness (QED) is 0.675. The minimum absolute atomic E-state index is 0.922. The molecular weight excluding hydrogens is 222 g/mol. The average Bonchev–Trinajstić information content (AvgIpc) is 2.69. The van der Waals surface area contributed by atoms with Crippen LogP contribution in [0.2, 0.25) is 0 Å². The molecule has 0 atom stereocenters. The molecule has 3 heteroatoms. The first kappa shape index (κ1) is 15.1. The lowest BCUT2D eigenvalue weighted by atomic mass is 10.1. The number of unbranched alkanes of at least 4 members (excludes halogenated alkanes) is 5. The maximum atomic E-state index is 6.11. The summed E-state index contributed by atoms with van der Waals surface area (Å²) in [5.74, 6) is 0. The van der Waals surface area contributed by atoms with Gasteiger partial charge in [-0.1, -0.05) is 52.9 Å². The molecule has 18 heavy (non-hydrogen) atoms. The third kappa shape index (κ3) is 4.04. The van der Waals surface area contributed by atoms with E-state index in [1.807, 2.05) is 0 Å². The SMILES string of the molecule is CCCCCCCCn1nc(CC)c(N)c1CC. The van der Waals surface area contributed by atoms with E-state index in [9.17, 15) is 0 Å². The third-order valence-electron chi connectivity index (χ3n) is 3.57. The molecule has 3 nitrogen and oxygen atoms in total. The smallest absolute Gasteiger partial charge is 0.0854 e. The Balaban J connectivity index is 2.41. The summed E-state index contributed by atoms with van der Waals surface area (Å²) >= 11 is 0. The molecule has 0 spiro atoms. The molecule has 0 radical (unpaired) electrons. The highest BCUT2D eigenvalue weighted by Gasteiger charge is 2.11. The molecule has 0 aromatic carbocycles. The van der Waals surface area contributed by atoms with Gasteiger partial charge in [-0.05, 0) is 19.3 Å². The van der Waals surface area contributed by atoms with Crippen LogP contribution in [0.3, 0.4) is 0 Å². The van der Waals surface area contributed by atoms with Gasteiger partial charge in [0.05, 0.1) is 17.1 Å². The second kappa shape index (κ2) is 8.17. The summed E-state index contributed by atoms with van der Waals surface area (Å²) in [6.45, 7) is 7.56. The molecule has 104 valence electrons. The van der Waals surface area contributed by atoms with E-state index >= 15 is 0 Å². The van der Waals surface area contributed by atoms with Crippen LogP contribution in [0.15, 0.2) is 0 Å². The lowest BCUT2D eigenvalue weighted by molar-refractivity contribution is 0.512. The van der Waals surface area contributed by atoms with E-state index in [0.29, 0.717) is 0 Å². The number of anilines is 1. The highest BCUT2D eigenvalue weighted by molar-refractivity contribution is 5.48. The van der Waals surface area contributed by atoms with Crippen LogP contribution in [-0.2, 0) is 19.4 Å². The maximum absolute atomic E-state index is 6.11. The van der Waals surface area contributed by atoms with Crippen molar-refractivity contribution in [3.8, 4) is 0 Å². The van der Waals surface area contributed by atoms with Crippen LogP contribution < -0.4 is 5.73 Å². The molecule has 0 amide bonds. The number of nitrogen functional groups attached to an aromatic ring is 1. The zero-order valence-electron chi connectivity index (χ0n) is 12.3. The van der Waals surface area contributed by atoms with Crippen molar-refractivity contribution in [3.63, 3.8) is 0 Å². The lowest BCUT2D eigenvalue weighted by Crippen LogP contribution is -2.05. The zero-order valence-corrected chi connectivity index (χ0v) is 12.3. The highest BCUT2D eigenvalue weighted by atomic mass is 15.3. The van der Waals surface area contributed by atoms with Gasteiger partial charge in [-0.15, -0.1) is 0 Å². The number of aromatic nitrogens is 2. The number of hydrogen-bond acceptors (Lipinski definition) is 2. The van der Waals surface area contributed by atoms with Crippen molar-refractivity contribution in [2.45, 2.75) is 78.7 Å². The highest BCUT2D eigenvalue weighted by Crippen LogP contribution is 2.19. The molecule has 2 N–H and O–H groups in total. The average molecular weight is 251 g/mol. The Kier molecular flexibility index (Phi) is 6.84. The molecule has 1 rings (SSSR count). The van der Waals surface area contributed by atoms with Gasteiger partial charge in [0.2, 0.25) is 0 Å². The van der Waals surface area contributed by atoms with Crippen LogP contribution in [0.5, 0.6) is 0 Å². The van der Waals surface area contributed by atoms with E-state index in [1.54, 1.807) is 0 Å². The minimum atomic E-state index is 0.922. The van der Waals surface area contributed by atoms with Crippen LogP contribution in [0.4, 0.5) is 5.69 Å². The van der Waals surface area contributed by atoms with E-state index in [1.165, 1.54) is 44.2 Å². The lowest BCUT2D eigenvalue weighted by Gasteiger charge is -2.06. The molecular formula is C15H29N3. The van der Waals surface area contributed by atoms with E-state index in [4.69, 9.17) is 5.73 Å². The van der Waals surface area contributed by atoms with Gasteiger partial charge in [-0.3, -0.25) is 4.68 Å². The predicted octanol–water partition coefficient (Wildman–Crippen LogP) is 3.95. The predicted molar refractivity (Wildman–Crippen MR) is 78.8 cm³/mol. The molecule has 0 unspecified atom stereocenters. The monoisotopic (exact) mass is 251 g/mol. The first-order valence-corrected chi connectivity index (χ1v) is 7.58. The van der Waals surface area contributed by atoms with Crippen LogP contribution in [0.25, 0.3) is 0 Å². The normalized spacial score (nSPS) is 11.1. The van der Waals surface area contributed by atoms with E-state index < -0.39 is 0 Å². The van der Waals surface area contributed by atoms with Crippen LogP contribution in [0, 0.1) is 0 Å². The molecule has 1 aromatic rings. The van der Waals surface area contributed by atoms with Gasteiger partial charge in [-0.25, -0.2) is 0 Å². The molecule has 0 saturated carbocycles. The Morgan fingerprint density at radius 2 is 1.61 bits per heavy atom. The Morgan fingerprint density at radius 1 is 0.944 bits per heavy atom. The van der Waals surface area contributed by atoms with Crippen LogP contribution in [-0.4, -0.2) is 9.78 Å². The molecule has 0 fully saturated rings. The van der Waals surface area contributed by atoms with Crippen molar-refractivity contribution in [3.05, 3.63) is 11.4 Å². The second-order valence-electron chi connectivity index (χ2n) is 5.01. The molecule has 0 aliphatic heterocycles. The van der Waals surface area contributed by atoms with E-state index in [0.717, 1.165) is 30.8 Å². The topological polar surface area (TPSA) is 43.8 Å². The van der Waals surface area contributed by atoms with Crippen molar-refractivity contribution in [1.29, 1.82) is 0 Å². The maximum Gasteiger partial charge on any atom is 0.0854 e. The molecule has 1 aromatic heterocycles. The Morgan fingerprint density at radius 3 is 2.22 bits per heavy atom. The molecule has 0 aliphatic carbocycles. The molecule has 0 bridgehead atoms. The Bertz CT molecular complexity index is 342. The van der Waals surface area contributed by atoms with E-state index in [2.05, 4.69) is 30.6 Å². The fourth-order valence-corrected chi connectivity index (χ4v) is 2.43. The van der Waals surface area contributed by atoms with Crippen LogP contribution >= 0.6 is 0 Å². The number of nitrogens with zero attached hydrogens (tertiary/aromatic N) is 2. The molecule has 0 aliphatic rings. The number of rotatable bonds is 9. The summed E-state index contributed by atoms with van der Waals surface area (Å²) in [7, 11) is 0. The first-order valence-electron chi connectivity index (χ1n) is 7.58. The number of aryl methyl sites for hydroxylation is 2. The fourth-order valence-electron chi connectivity index (χ4n) is 2.43. The second-order valence-corrected chi connectivity index (χ2v) is 5.01.